The summed E-state index contributed by atoms with van der Waals surface area (Å²) in [5.74, 6) is 1.57. The zero-order valence-corrected chi connectivity index (χ0v) is 19.0. The number of benzene rings is 4. The molecule has 0 saturated heterocycles. The highest BCUT2D eigenvalue weighted by molar-refractivity contribution is 5.73. The number of hydrogen-bond donors (Lipinski definition) is 1. The van der Waals surface area contributed by atoms with E-state index in [9.17, 15) is 5.11 Å². The van der Waals surface area contributed by atoms with Gasteiger partial charge < -0.3 is 5.11 Å². The van der Waals surface area contributed by atoms with Gasteiger partial charge in [-0.05, 0) is 36.8 Å². The van der Waals surface area contributed by atoms with Crippen molar-refractivity contribution < 1.29 is 5.11 Å². The van der Waals surface area contributed by atoms with E-state index in [1.54, 1.807) is 12.4 Å². The van der Waals surface area contributed by atoms with Crippen LogP contribution in [0.2, 0.25) is 0 Å². The lowest BCUT2D eigenvalue weighted by Crippen LogP contribution is -1.99. The average molecular weight is 459 g/mol. The summed E-state index contributed by atoms with van der Waals surface area (Å²) in [6.07, 6.45) is 1.55. The second kappa shape index (κ2) is 9.93. The first-order valence-corrected chi connectivity index (χ1v) is 11.1. The maximum atomic E-state index is 9.81. The molecular weight excluding hydrogens is 436 g/mol. The van der Waals surface area contributed by atoms with Crippen molar-refractivity contribution in [3.63, 3.8) is 0 Å². The molecule has 0 radical (unpaired) electrons. The molecule has 0 saturated carbocycles. The number of phenols is 1. The molecule has 2 heterocycles. The first-order chi connectivity index (χ1) is 17.2. The van der Waals surface area contributed by atoms with Gasteiger partial charge in [-0.15, -0.1) is 15.0 Å². The maximum absolute atomic E-state index is 9.81. The lowest BCUT2D eigenvalue weighted by atomic mass is 10.2. The SMILES string of the molecule is Cc1ccc(O)c(-n2nc3ccccc3n2)c1.c1ccc(-c2ncnc(-c3ccccc3)n2)cc1. The second-order valence-corrected chi connectivity index (χ2v) is 7.84. The van der Waals surface area contributed by atoms with Crippen molar-refractivity contribution in [3.8, 4) is 34.2 Å². The predicted molar refractivity (Wildman–Crippen MR) is 136 cm³/mol. The van der Waals surface area contributed by atoms with Crippen LogP contribution in [0.5, 0.6) is 5.75 Å². The van der Waals surface area contributed by atoms with E-state index in [2.05, 4.69) is 25.1 Å². The van der Waals surface area contributed by atoms with Gasteiger partial charge in [0.25, 0.3) is 0 Å². The molecule has 0 atom stereocenters. The summed E-state index contributed by atoms with van der Waals surface area (Å²) in [5, 5.41) is 18.5. The molecule has 0 aliphatic heterocycles. The highest BCUT2D eigenvalue weighted by Crippen LogP contribution is 2.22. The second-order valence-electron chi connectivity index (χ2n) is 7.84. The summed E-state index contributed by atoms with van der Waals surface area (Å²) < 4.78 is 0. The van der Waals surface area contributed by atoms with Crippen LogP contribution in [0.3, 0.4) is 0 Å². The van der Waals surface area contributed by atoms with Crippen LogP contribution in [-0.2, 0) is 0 Å². The lowest BCUT2D eigenvalue weighted by Gasteiger charge is -2.03. The highest BCUT2D eigenvalue weighted by atomic mass is 16.3. The first-order valence-electron chi connectivity index (χ1n) is 11.1. The Bertz CT molecular complexity index is 1480. The average Bonchev–Trinajstić information content (AvgIpc) is 3.36. The number of nitrogens with zero attached hydrogens (tertiary/aromatic N) is 6. The number of fused-ring (bicyclic) bond motifs is 1. The molecule has 0 spiro atoms. The number of hydrogen-bond acceptors (Lipinski definition) is 6. The molecule has 170 valence electrons. The molecule has 0 unspecified atom stereocenters. The zero-order valence-electron chi connectivity index (χ0n) is 19.0. The van der Waals surface area contributed by atoms with Gasteiger partial charge in [0.1, 0.15) is 28.8 Å². The Morgan fingerprint density at radius 3 is 1.69 bits per heavy atom. The highest BCUT2D eigenvalue weighted by Gasteiger charge is 2.08. The van der Waals surface area contributed by atoms with Crippen molar-refractivity contribution in [2.24, 2.45) is 0 Å². The van der Waals surface area contributed by atoms with Crippen molar-refractivity contribution in [2.75, 3.05) is 0 Å². The molecule has 0 amide bonds. The van der Waals surface area contributed by atoms with Crippen molar-refractivity contribution in [2.45, 2.75) is 6.92 Å². The smallest absolute Gasteiger partial charge is 0.163 e. The van der Waals surface area contributed by atoms with E-state index >= 15 is 0 Å². The van der Waals surface area contributed by atoms with Crippen molar-refractivity contribution in [3.05, 3.63) is 115 Å². The number of aromatic hydroxyl groups is 1. The van der Waals surface area contributed by atoms with Gasteiger partial charge in [-0.25, -0.2) is 15.0 Å². The van der Waals surface area contributed by atoms with Crippen LogP contribution in [0.25, 0.3) is 39.5 Å². The van der Waals surface area contributed by atoms with E-state index in [0.29, 0.717) is 17.3 Å². The fraction of sp³-hybridized carbons (Fsp3) is 0.0357. The van der Waals surface area contributed by atoms with Gasteiger partial charge in [-0.1, -0.05) is 78.9 Å². The molecule has 0 bridgehead atoms. The quantitative estimate of drug-likeness (QED) is 0.369. The van der Waals surface area contributed by atoms with Crippen LogP contribution < -0.4 is 0 Å². The largest absolute Gasteiger partial charge is 0.506 e. The number of phenolic OH excluding ortho intramolecular Hbond substituents is 1. The van der Waals surface area contributed by atoms with Gasteiger partial charge in [0, 0.05) is 11.1 Å². The minimum atomic E-state index is 0.177. The Morgan fingerprint density at radius 2 is 1.14 bits per heavy atom. The Balaban J connectivity index is 0.000000145. The third-order valence-corrected chi connectivity index (χ3v) is 5.27. The molecule has 7 nitrogen and oxygen atoms in total. The zero-order chi connectivity index (χ0) is 24.0. The Hall–Kier alpha value is -4.91. The third-order valence-electron chi connectivity index (χ3n) is 5.27. The molecule has 6 aromatic rings. The van der Waals surface area contributed by atoms with E-state index in [1.807, 2.05) is 104 Å². The van der Waals surface area contributed by atoms with Crippen LogP contribution >= 0.6 is 0 Å². The van der Waals surface area contributed by atoms with E-state index in [0.717, 1.165) is 27.7 Å². The van der Waals surface area contributed by atoms with Crippen molar-refractivity contribution in [1.29, 1.82) is 0 Å². The fourth-order valence-corrected chi connectivity index (χ4v) is 3.51. The summed E-state index contributed by atoms with van der Waals surface area (Å²) in [6.45, 7) is 1.96. The van der Waals surface area contributed by atoms with E-state index < -0.39 is 0 Å². The molecule has 0 fully saturated rings. The minimum absolute atomic E-state index is 0.177. The number of aryl methyl sites for hydroxylation is 1. The monoisotopic (exact) mass is 458 g/mol. The normalized spacial score (nSPS) is 10.5. The van der Waals surface area contributed by atoms with Crippen LogP contribution in [0.15, 0.2) is 109 Å². The standard InChI is InChI=1S/C15H11N3.C13H11N3O/c1-3-7-12(8-4-1)14-16-11-17-15(18-14)13-9-5-2-6-10-13;1-9-6-7-13(17)12(8-9)16-14-10-4-2-3-5-11(10)15-16/h1-11H;2-8,17H,1H3. The van der Waals surface area contributed by atoms with E-state index in [1.165, 1.54) is 4.80 Å². The molecule has 35 heavy (non-hydrogen) atoms. The fourth-order valence-electron chi connectivity index (χ4n) is 3.51. The minimum Gasteiger partial charge on any atom is -0.506 e. The molecule has 0 aliphatic rings. The maximum Gasteiger partial charge on any atom is 0.163 e. The molecule has 0 aliphatic carbocycles. The van der Waals surface area contributed by atoms with Crippen LogP contribution in [-0.4, -0.2) is 35.1 Å². The lowest BCUT2D eigenvalue weighted by molar-refractivity contribution is 0.467. The Morgan fingerprint density at radius 1 is 0.629 bits per heavy atom. The van der Waals surface area contributed by atoms with Gasteiger partial charge in [-0.3, -0.25) is 0 Å². The molecular formula is C28H22N6O. The summed E-state index contributed by atoms with van der Waals surface area (Å²) >= 11 is 0. The van der Waals surface area contributed by atoms with E-state index in [4.69, 9.17) is 0 Å². The first kappa shape index (κ1) is 21.9. The van der Waals surface area contributed by atoms with Gasteiger partial charge in [-0.2, -0.15) is 0 Å². The molecule has 2 aromatic heterocycles. The van der Waals surface area contributed by atoms with Crippen molar-refractivity contribution in [1.82, 2.24) is 29.9 Å². The van der Waals surface area contributed by atoms with Crippen LogP contribution in [0.1, 0.15) is 5.56 Å². The predicted octanol–water partition coefficient (Wildman–Crippen LogP) is 5.64. The molecule has 6 rings (SSSR count). The van der Waals surface area contributed by atoms with Gasteiger partial charge in [0.2, 0.25) is 0 Å². The van der Waals surface area contributed by atoms with Crippen LogP contribution in [0, 0.1) is 6.92 Å². The summed E-state index contributed by atoms with van der Waals surface area (Å²) in [4.78, 5) is 14.4. The summed E-state index contributed by atoms with van der Waals surface area (Å²) in [5.41, 5.74) is 5.27. The van der Waals surface area contributed by atoms with Gasteiger partial charge in [0.15, 0.2) is 11.6 Å². The van der Waals surface area contributed by atoms with E-state index in [-0.39, 0.29) is 5.75 Å². The molecule has 4 aromatic carbocycles. The molecule has 1 N–H and O–H groups in total. The van der Waals surface area contributed by atoms with Crippen molar-refractivity contribution >= 4 is 11.0 Å². The Kier molecular flexibility index (Phi) is 6.21. The van der Waals surface area contributed by atoms with Crippen LogP contribution in [0.4, 0.5) is 0 Å². The van der Waals surface area contributed by atoms with Gasteiger partial charge in [0.05, 0.1) is 0 Å². The third kappa shape index (κ3) is 5.04. The number of aromatic nitrogens is 6. The van der Waals surface area contributed by atoms with Gasteiger partial charge >= 0.3 is 0 Å². The Labute approximate surface area is 202 Å². The summed E-state index contributed by atoms with van der Waals surface area (Å²) in [7, 11) is 0. The topological polar surface area (TPSA) is 89.6 Å². The molecule has 7 heteroatoms. The number of rotatable bonds is 3. The summed E-state index contributed by atoms with van der Waals surface area (Å²) in [6, 6.07) is 32.8.